The van der Waals surface area contributed by atoms with Crippen LogP contribution in [0, 0.1) is 0 Å². The largest absolute Gasteiger partial charge is 0.376 e. The smallest absolute Gasteiger partial charge is 0.148 e. The zero-order valence-electron chi connectivity index (χ0n) is 9.87. The van der Waals surface area contributed by atoms with Crippen molar-refractivity contribution in [1.29, 1.82) is 0 Å². The van der Waals surface area contributed by atoms with Crippen molar-refractivity contribution in [1.82, 2.24) is 15.3 Å². The summed E-state index contributed by atoms with van der Waals surface area (Å²) in [4.78, 5) is 7.96. The van der Waals surface area contributed by atoms with E-state index in [0.717, 1.165) is 25.9 Å². The molecule has 0 radical (unpaired) electrons. The van der Waals surface area contributed by atoms with Crippen LogP contribution in [-0.2, 0) is 4.74 Å². The maximum absolute atomic E-state index is 5.99. The highest BCUT2D eigenvalue weighted by Gasteiger charge is 2.31. The quantitative estimate of drug-likeness (QED) is 0.851. The van der Waals surface area contributed by atoms with E-state index in [2.05, 4.69) is 20.6 Å². The van der Waals surface area contributed by atoms with Gasteiger partial charge in [-0.05, 0) is 25.9 Å². The highest BCUT2D eigenvalue weighted by Crippen LogP contribution is 2.24. The Bertz CT molecular complexity index is 368. The number of methoxy groups -OCH3 is 1. The molecule has 0 saturated carbocycles. The van der Waals surface area contributed by atoms with Gasteiger partial charge in [0.05, 0.1) is 11.8 Å². The average Bonchev–Trinajstić information content (AvgIpc) is 2.39. The van der Waals surface area contributed by atoms with Crippen LogP contribution in [0.5, 0.6) is 0 Å². The lowest BCUT2D eigenvalue weighted by Crippen LogP contribution is -2.48. The molecule has 2 heterocycles. The highest BCUT2D eigenvalue weighted by atomic mass is 35.5. The van der Waals surface area contributed by atoms with Crippen LogP contribution in [0.4, 0.5) is 5.82 Å². The predicted molar refractivity (Wildman–Crippen MR) is 67.4 cm³/mol. The summed E-state index contributed by atoms with van der Waals surface area (Å²) >= 11 is 5.99. The molecule has 1 aliphatic heterocycles. The Hall–Kier alpha value is -0.910. The molecule has 1 aromatic heterocycles. The van der Waals surface area contributed by atoms with Gasteiger partial charge in [-0.15, -0.1) is 0 Å². The Kier molecular flexibility index (Phi) is 4.15. The van der Waals surface area contributed by atoms with E-state index in [9.17, 15) is 0 Å². The first-order valence-electron chi connectivity index (χ1n) is 5.71. The Morgan fingerprint density at radius 1 is 1.53 bits per heavy atom. The van der Waals surface area contributed by atoms with Crippen molar-refractivity contribution in [2.45, 2.75) is 18.4 Å². The van der Waals surface area contributed by atoms with Crippen LogP contribution in [0.3, 0.4) is 0 Å². The second kappa shape index (κ2) is 5.62. The molecule has 2 rings (SSSR count). The predicted octanol–water partition coefficient (Wildman–Crippen LogP) is 1.31. The van der Waals surface area contributed by atoms with Gasteiger partial charge in [0.15, 0.2) is 0 Å². The maximum Gasteiger partial charge on any atom is 0.148 e. The SMILES string of the molecule is COC1(CNc2ncncc2Cl)CCNCC1. The van der Waals surface area contributed by atoms with Gasteiger partial charge in [0, 0.05) is 13.7 Å². The molecule has 1 fully saturated rings. The van der Waals surface area contributed by atoms with Gasteiger partial charge in [0.25, 0.3) is 0 Å². The van der Waals surface area contributed by atoms with Crippen molar-refractivity contribution in [2.24, 2.45) is 0 Å². The summed E-state index contributed by atoms with van der Waals surface area (Å²) in [5.74, 6) is 0.664. The Balaban J connectivity index is 1.98. The summed E-state index contributed by atoms with van der Waals surface area (Å²) in [6.45, 7) is 2.67. The number of aromatic nitrogens is 2. The Morgan fingerprint density at radius 2 is 2.29 bits per heavy atom. The minimum atomic E-state index is -0.125. The summed E-state index contributed by atoms with van der Waals surface area (Å²) < 4.78 is 5.65. The van der Waals surface area contributed by atoms with E-state index in [1.54, 1.807) is 13.3 Å². The third-order valence-corrected chi connectivity index (χ3v) is 3.47. The number of hydrogen-bond donors (Lipinski definition) is 2. The van der Waals surface area contributed by atoms with Gasteiger partial charge in [0.2, 0.25) is 0 Å². The molecule has 94 valence electrons. The first-order valence-corrected chi connectivity index (χ1v) is 6.09. The molecule has 0 unspecified atom stereocenters. The molecule has 17 heavy (non-hydrogen) atoms. The monoisotopic (exact) mass is 256 g/mol. The maximum atomic E-state index is 5.99. The van der Waals surface area contributed by atoms with Crippen molar-refractivity contribution in [2.75, 3.05) is 32.1 Å². The van der Waals surface area contributed by atoms with Gasteiger partial charge >= 0.3 is 0 Å². The molecule has 0 amide bonds. The van der Waals surface area contributed by atoms with Crippen LogP contribution in [-0.4, -0.2) is 42.3 Å². The number of rotatable bonds is 4. The Labute approximate surface area is 106 Å². The van der Waals surface area contributed by atoms with E-state index >= 15 is 0 Å². The zero-order valence-corrected chi connectivity index (χ0v) is 10.6. The minimum Gasteiger partial charge on any atom is -0.376 e. The van der Waals surface area contributed by atoms with E-state index < -0.39 is 0 Å². The second-order valence-electron chi connectivity index (χ2n) is 4.21. The number of anilines is 1. The molecule has 0 atom stereocenters. The molecular weight excluding hydrogens is 240 g/mol. The number of ether oxygens (including phenoxy) is 1. The lowest BCUT2D eigenvalue weighted by atomic mass is 9.92. The number of nitrogens with one attached hydrogen (secondary N) is 2. The second-order valence-corrected chi connectivity index (χ2v) is 4.62. The van der Waals surface area contributed by atoms with Gasteiger partial charge in [-0.2, -0.15) is 0 Å². The van der Waals surface area contributed by atoms with Gasteiger partial charge in [0.1, 0.15) is 17.2 Å². The summed E-state index contributed by atoms with van der Waals surface area (Å²) in [7, 11) is 1.76. The fourth-order valence-electron chi connectivity index (χ4n) is 2.02. The van der Waals surface area contributed by atoms with E-state index in [-0.39, 0.29) is 5.60 Å². The number of piperidine rings is 1. The summed E-state index contributed by atoms with van der Waals surface area (Å²) in [6, 6.07) is 0. The van der Waals surface area contributed by atoms with Crippen LogP contribution >= 0.6 is 11.6 Å². The van der Waals surface area contributed by atoms with E-state index in [1.807, 2.05) is 0 Å². The molecule has 0 bridgehead atoms. The molecule has 1 aliphatic rings. The van der Waals surface area contributed by atoms with E-state index in [1.165, 1.54) is 6.33 Å². The highest BCUT2D eigenvalue weighted by molar-refractivity contribution is 6.32. The van der Waals surface area contributed by atoms with Crippen molar-refractivity contribution in [3.05, 3.63) is 17.5 Å². The third kappa shape index (κ3) is 3.06. The van der Waals surface area contributed by atoms with Crippen molar-refractivity contribution >= 4 is 17.4 Å². The summed E-state index contributed by atoms with van der Waals surface area (Å²) in [5, 5.41) is 7.10. The molecule has 2 N–H and O–H groups in total. The average molecular weight is 257 g/mol. The summed E-state index contributed by atoms with van der Waals surface area (Å²) in [5.41, 5.74) is -0.125. The molecule has 0 aliphatic carbocycles. The molecule has 1 aromatic rings. The molecule has 0 spiro atoms. The lowest BCUT2D eigenvalue weighted by Gasteiger charge is -2.36. The van der Waals surface area contributed by atoms with Crippen molar-refractivity contribution in [3.63, 3.8) is 0 Å². The topological polar surface area (TPSA) is 59.1 Å². The minimum absolute atomic E-state index is 0.125. The fraction of sp³-hybridized carbons (Fsp3) is 0.636. The molecule has 0 aromatic carbocycles. The van der Waals surface area contributed by atoms with Crippen LogP contribution in [0.1, 0.15) is 12.8 Å². The van der Waals surface area contributed by atoms with E-state index in [4.69, 9.17) is 16.3 Å². The van der Waals surface area contributed by atoms with Gasteiger partial charge in [-0.3, -0.25) is 0 Å². The van der Waals surface area contributed by atoms with Crippen LogP contribution in [0.15, 0.2) is 12.5 Å². The number of nitrogens with zero attached hydrogens (tertiary/aromatic N) is 2. The first kappa shape index (κ1) is 12.5. The fourth-order valence-corrected chi connectivity index (χ4v) is 2.19. The molecule has 1 saturated heterocycles. The third-order valence-electron chi connectivity index (χ3n) is 3.19. The standard InChI is InChI=1S/C11H17ClN4O/c1-17-11(2-4-13-5-3-11)7-15-10-9(12)6-14-8-16-10/h6,8,13H,2-5,7H2,1H3,(H,14,15,16). The van der Waals surface area contributed by atoms with E-state index in [0.29, 0.717) is 17.4 Å². The van der Waals surface area contributed by atoms with Gasteiger partial charge in [-0.25, -0.2) is 9.97 Å². The lowest BCUT2D eigenvalue weighted by molar-refractivity contribution is -0.0226. The van der Waals surface area contributed by atoms with Crippen LogP contribution < -0.4 is 10.6 Å². The van der Waals surface area contributed by atoms with Crippen LogP contribution in [0.2, 0.25) is 5.02 Å². The van der Waals surface area contributed by atoms with Gasteiger partial charge < -0.3 is 15.4 Å². The number of halogens is 1. The van der Waals surface area contributed by atoms with Crippen LogP contribution in [0.25, 0.3) is 0 Å². The Morgan fingerprint density at radius 3 is 2.94 bits per heavy atom. The normalized spacial score (nSPS) is 18.9. The summed E-state index contributed by atoms with van der Waals surface area (Å²) in [6.07, 6.45) is 5.04. The zero-order chi connectivity index (χ0) is 12.1. The van der Waals surface area contributed by atoms with Crippen molar-refractivity contribution < 1.29 is 4.74 Å². The molecular formula is C11H17ClN4O. The molecule has 5 nitrogen and oxygen atoms in total. The first-order chi connectivity index (χ1) is 8.26. The number of hydrogen-bond acceptors (Lipinski definition) is 5. The molecule has 6 heteroatoms. The van der Waals surface area contributed by atoms with Gasteiger partial charge in [-0.1, -0.05) is 11.6 Å². The van der Waals surface area contributed by atoms with Crippen molar-refractivity contribution in [3.8, 4) is 0 Å².